The van der Waals surface area contributed by atoms with Gasteiger partial charge in [-0.1, -0.05) is 13.8 Å². The lowest BCUT2D eigenvalue weighted by atomic mass is 9.98. The molecule has 0 heterocycles. The first-order valence-electron chi connectivity index (χ1n) is 5.74. The quantitative estimate of drug-likeness (QED) is 0.492. The Kier molecular flexibility index (Phi) is 8.15. The van der Waals surface area contributed by atoms with Crippen molar-refractivity contribution >= 4 is 5.91 Å². The number of carbonyl (C=O) groups is 1. The standard InChI is InChI=1S/C11H23NO4/c1-3-6-16-7-5-10(15)12-11(4-2,8-13)9-14/h13-14H,3-9H2,1-2H3,(H,12,15). The van der Waals surface area contributed by atoms with E-state index in [1.165, 1.54) is 0 Å². The lowest BCUT2D eigenvalue weighted by molar-refractivity contribution is -0.125. The Morgan fingerprint density at radius 2 is 1.88 bits per heavy atom. The second-order valence-corrected chi connectivity index (χ2v) is 3.86. The number of hydrogen-bond donors (Lipinski definition) is 3. The maximum Gasteiger partial charge on any atom is 0.222 e. The summed E-state index contributed by atoms with van der Waals surface area (Å²) in [5.74, 6) is -0.207. The van der Waals surface area contributed by atoms with Crippen LogP contribution in [0.4, 0.5) is 0 Å². The van der Waals surface area contributed by atoms with E-state index in [2.05, 4.69) is 5.32 Å². The summed E-state index contributed by atoms with van der Waals surface area (Å²) in [7, 11) is 0. The molecule has 0 aromatic carbocycles. The van der Waals surface area contributed by atoms with E-state index in [1.807, 2.05) is 6.92 Å². The van der Waals surface area contributed by atoms with E-state index in [0.717, 1.165) is 6.42 Å². The molecule has 0 saturated heterocycles. The molecule has 0 atom stereocenters. The molecule has 1 amide bonds. The maximum absolute atomic E-state index is 11.5. The number of ether oxygens (including phenoxy) is 1. The molecule has 96 valence electrons. The summed E-state index contributed by atoms with van der Waals surface area (Å²) in [6.07, 6.45) is 1.66. The third-order valence-corrected chi connectivity index (χ3v) is 2.51. The molecule has 0 aliphatic rings. The number of aliphatic hydroxyl groups excluding tert-OH is 2. The molecule has 5 heteroatoms. The summed E-state index contributed by atoms with van der Waals surface area (Å²) in [5.41, 5.74) is -0.901. The van der Waals surface area contributed by atoms with E-state index < -0.39 is 5.54 Å². The van der Waals surface area contributed by atoms with Gasteiger partial charge >= 0.3 is 0 Å². The number of aliphatic hydroxyl groups is 2. The Morgan fingerprint density at radius 3 is 2.31 bits per heavy atom. The van der Waals surface area contributed by atoms with Crippen LogP contribution in [0.1, 0.15) is 33.1 Å². The zero-order valence-electron chi connectivity index (χ0n) is 10.2. The van der Waals surface area contributed by atoms with Crippen molar-refractivity contribution in [2.75, 3.05) is 26.4 Å². The van der Waals surface area contributed by atoms with E-state index in [0.29, 0.717) is 19.6 Å². The van der Waals surface area contributed by atoms with Crippen LogP contribution < -0.4 is 5.32 Å². The molecule has 0 aromatic heterocycles. The van der Waals surface area contributed by atoms with Crippen LogP contribution in [0, 0.1) is 0 Å². The molecule has 0 radical (unpaired) electrons. The highest BCUT2D eigenvalue weighted by Crippen LogP contribution is 2.08. The summed E-state index contributed by atoms with van der Waals surface area (Å²) >= 11 is 0. The van der Waals surface area contributed by atoms with Gasteiger partial charge in [0.05, 0.1) is 25.4 Å². The molecule has 5 nitrogen and oxygen atoms in total. The smallest absolute Gasteiger partial charge is 0.222 e. The van der Waals surface area contributed by atoms with Gasteiger partial charge in [-0.15, -0.1) is 0 Å². The highest BCUT2D eigenvalue weighted by molar-refractivity contribution is 5.76. The lowest BCUT2D eigenvalue weighted by Gasteiger charge is -2.29. The molecule has 0 spiro atoms. The van der Waals surface area contributed by atoms with Crippen LogP contribution >= 0.6 is 0 Å². The second-order valence-electron chi connectivity index (χ2n) is 3.86. The first-order valence-corrected chi connectivity index (χ1v) is 5.74. The summed E-state index contributed by atoms with van der Waals surface area (Å²) in [4.78, 5) is 11.5. The molecule has 0 aliphatic heterocycles. The van der Waals surface area contributed by atoms with Gasteiger partial charge in [0.2, 0.25) is 5.91 Å². The Bertz CT molecular complexity index is 184. The third-order valence-electron chi connectivity index (χ3n) is 2.51. The van der Waals surface area contributed by atoms with Crippen molar-refractivity contribution in [3.63, 3.8) is 0 Å². The first-order chi connectivity index (χ1) is 7.64. The molecular formula is C11H23NO4. The van der Waals surface area contributed by atoms with Crippen LogP contribution in [-0.2, 0) is 9.53 Å². The van der Waals surface area contributed by atoms with Crippen LogP contribution in [0.15, 0.2) is 0 Å². The highest BCUT2D eigenvalue weighted by atomic mass is 16.5. The fourth-order valence-electron chi connectivity index (χ4n) is 1.21. The molecule has 0 aliphatic carbocycles. The molecule has 0 fully saturated rings. The van der Waals surface area contributed by atoms with Gasteiger partial charge in [-0.2, -0.15) is 0 Å². The van der Waals surface area contributed by atoms with Gasteiger partial charge in [0.15, 0.2) is 0 Å². The van der Waals surface area contributed by atoms with Crippen LogP contribution in [0.2, 0.25) is 0 Å². The summed E-state index contributed by atoms with van der Waals surface area (Å²) in [6, 6.07) is 0. The molecule has 16 heavy (non-hydrogen) atoms. The average Bonchev–Trinajstić information content (AvgIpc) is 2.32. The number of carbonyl (C=O) groups excluding carboxylic acids is 1. The van der Waals surface area contributed by atoms with Gasteiger partial charge in [-0.05, 0) is 12.8 Å². The maximum atomic E-state index is 11.5. The Labute approximate surface area is 96.8 Å². The minimum absolute atomic E-state index is 0.207. The predicted octanol–water partition coefficient (Wildman–Crippen LogP) is 0.0527. The lowest BCUT2D eigenvalue weighted by Crippen LogP contribution is -2.53. The van der Waals surface area contributed by atoms with E-state index in [9.17, 15) is 4.79 Å². The molecule has 0 aromatic rings. The Hall–Kier alpha value is -0.650. The molecule has 0 bridgehead atoms. The van der Waals surface area contributed by atoms with Crippen LogP contribution in [0.3, 0.4) is 0 Å². The molecule has 0 unspecified atom stereocenters. The topological polar surface area (TPSA) is 78.8 Å². The Morgan fingerprint density at radius 1 is 1.25 bits per heavy atom. The zero-order valence-corrected chi connectivity index (χ0v) is 10.2. The van der Waals surface area contributed by atoms with Gasteiger partial charge in [0.25, 0.3) is 0 Å². The number of rotatable bonds is 9. The number of hydrogen-bond acceptors (Lipinski definition) is 4. The van der Waals surface area contributed by atoms with Gasteiger partial charge < -0.3 is 20.3 Å². The predicted molar refractivity (Wildman–Crippen MR) is 61.1 cm³/mol. The van der Waals surface area contributed by atoms with Gasteiger partial charge in [0.1, 0.15) is 0 Å². The fraction of sp³-hybridized carbons (Fsp3) is 0.909. The van der Waals surface area contributed by atoms with Crippen molar-refractivity contribution < 1.29 is 19.7 Å². The second kappa shape index (κ2) is 8.50. The molecular weight excluding hydrogens is 210 g/mol. The van der Waals surface area contributed by atoms with E-state index in [1.54, 1.807) is 6.92 Å². The monoisotopic (exact) mass is 233 g/mol. The molecule has 3 N–H and O–H groups in total. The SMILES string of the molecule is CCCOCCC(=O)NC(CC)(CO)CO. The summed E-state index contributed by atoms with van der Waals surface area (Å²) < 4.78 is 5.18. The average molecular weight is 233 g/mol. The normalized spacial score (nSPS) is 11.5. The van der Waals surface area contributed by atoms with Crippen molar-refractivity contribution in [1.82, 2.24) is 5.32 Å². The third kappa shape index (κ3) is 5.44. The van der Waals surface area contributed by atoms with Crippen molar-refractivity contribution in [2.24, 2.45) is 0 Å². The number of amides is 1. The van der Waals surface area contributed by atoms with Crippen LogP contribution in [0.5, 0.6) is 0 Å². The molecule has 0 saturated carbocycles. The van der Waals surface area contributed by atoms with Crippen LogP contribution in [0.25, 0.3) is 0 Å². The minimum atomic E-state index is -0.901. The van der Waals surface area contributed by atoms with E-state index >= 15 is 0 Å². The summed E-state index contributed by atoms with van der Waals surface area (Å²) in [6.45, 7) is 4.30. The largest absolute Gasteiger partial charge is 0.394 e. The Balaban J connectivity index is 3.91. The van der Waals surface area contributed by atoms with Crippen LogP contribution in [-0.4, -0.2) is 48.1 Å². The van der Waals surface area contributed by atoms with E-state index in [4.69, 9.17) is 14.9 Å². The molecule has 0 rings (SSSR count). The fourth-order valence-corrected chi connectivity index (χ4v) is 1.21. The van der Waals surface area contributed by atoms with Crippen molar-refractivity contribution in [3.8, 4) is 0 Å². The van der Waals surface area contributed by atoms with Gasteiger partial charge in [-0.25, -0.2) is 0 Å². The van der Waals surface area contributed by atoms with Crippen molar-refractivity contribution in [1.29, 1.82) is 0 Å². The van der Waals surface area contributed by atoms with Crippen molar-refractivity contribution in [3.05, 3.63) is 0 Å². The van der Waals surface area contributed by atoms with Gasteiger partial charge in [0, 0.05) is 13.0 Å². The first kappa shape index (κ1) is 15.3. The number of nitrogens with one attached hydrogen (secondary N) is 1. The van der Waals surface area contributed by atoms with Crippen molar-refractivity contribution in [2.45, 2.75) is 38.6 Å². The van der Waals surface area contributed by atoms with Gasteiger partial charge in [-0.3, -0.25) is 4.79 Å². The minimum Gasteiger partial charge on any atom is -0.394 e. The summed E-state index contributed by atoms with van der Waals surface area (Å²) in [5, 5.41) is 20.9. The zero-order chi connectivity index (χ0) is 12.4. The van der Waals surface area contributed by atoms with E-state index in [-0.39, 0.29) is 25.5 Å². The highest BCUT2D eigenvalue weighted by Gasteiger charge is 2.28.